The molecule has 24 heavy (non-hydrogen) atoms. The monoisotopic (exact) mass is 334 g/mol. The first-order valence-electron chi connectivity index (χ1n) is 8.93. The molecule has 1 amide bonds. The van der Waals surface area contributed by atoms with Crippen LogP contribution in [0.15, 0.2) is 6.07 Å². The summed E-state index contributed by atoms with van der Waals surface area (Å²) in [4.78, 5) is 23.7. The molecule has 0 radical (unpaired) electrons. The van der Waals surface area contributed by atoms with Crippen molar-refractivity contribution >= 4 is 11.9 Å². The lowest BCUT2D eigenvalue weighted by Crippen LogP contribution is -2.49. The van der Waals surface area contributed by atoms with E-state index in [2.05, 4.69) is 34.0 Å². The summed E-state index contributed by atoms with van der Waals surface area (Å²) in [6.45, 7) is 9.54. The first-order chi connectivity index (χ1) is 11.4. The van der Waals surface area contributed by atoms with Crippen molar-refractivity contribution in [2.24, 2.45) is 11.8 Å². The third kappa shape index (κ3) is 4.66. The number of nitrogens with one attached hydrogen (secondary N) is 1. The van der Waals surface area contributed by atoms with Gasteiger partial charge in [0.1, 0.15) is 0 Å². The van der Waals surface area contributed by atoms with Crippen LogP contribution in [0, 0.1) is 25.7 Å². The topological polar surface area (TPSA) is 78.4 Å². The molecule has 6 heteroatoms. The largest absolute Gasteiger partial charge is 0.394 e. The summed E-state index contributed by atoms with van der Waals surface area (Å²) in [7, 11) is 0. The predicted molar refractivity (Wildman–Crippen MR) is 94.9 cm³/mol. The smallest absolute Gasteiger partial charge is 0.225 e. The molecule has 1 saturated heterocycles. The van der Waals surface area contributed by atoms with Crippen molar-refractivity contribution in [3.63, 3.8) is 0 Å². The maximum absolute atomic E-state index is 12.6. The van der Waals surface area contributed by atoms with Crippen LogP contribution < -0.4 is 10.2 Å². The summed E-state index contributed by atoms with van der Waals surface area (Å²) in [6, 6.07) is 1.78. The summed E-state index contributed by atoms with van der Waals surface area (Å²) < 4.78 is 0. The number of anilines is 1. The molecule has 1 aliphatic heterocycles. The van der Waals surface area contributed by atoms with Crippen molar-refractivity contribution in [1.29, 1.82) is 0 Å². The zero-order chi connectivity index (χ0) is 17.7. The number of hydrogen-bond donors (Lipinski definition) is 2. The minimum Gasteiger partial charge on any atom is -0.394 e. The lowest BCUT2D eigenvalue weighted by atomic mass is 9.95. The third-order valence-corrected chi connectivity index (χ3v) is 4.90. The molecule has 134 valence electrons. The van der Waals surface area contributed by atoms with Crippen LogP contribution >= 0.6 is 0 Å². The number of amides is 1. The van der Waals surface area contributed by atoms with E-state index in [1.165, 1.54) is 0 Å². The van der Waals surface area contributed by atoms with Crippen molar-refractivity contribution in [1.82, 2.24) is 15.3 Å². The number of aromatic nitrogens is 2. The Morgan fingerprint density at radius 1 is 1.42 bits per heavy atom. The summed E-state index contributed by atoms with van der Waals surface area (Å²) in [5.74, 6) is 0.928. The van der Waals surface area contributed by atoms with Gasteiger partial charge in [-0.1, -0.05) is 20.3 Å². The van der Waals surface area contributed by atoms with Gasteiger partial charge in [0.2, 0.25) is 11.9 Å². The Labute approximate surface area is 144 Å². The van der Waals surface area contributed by atoms with Gasteiger partial charge in [-0.15, -0.1) is 0 Å². The standard InChI is InChI=1S/C18H30N4O2/c1-5-12(2)16(11-23)21-17(24)15-7-6-8-22(10-15)18-19-13(3)9-14(4)20-18/h9,12,15-16,23H,5-8,10-11H2,1-4H3,(H,21,24)/t12-,15-,16-/m0/s1. The van der Waals surface area contributed by atoms with E-state index in [1.807, 2.05) is 19.9 Å². The predicted octanol–water partition coefficient (Wildman–Crippen LogP) is 1.83. The van der Waals surface area contributed by atoms with Gasteiger partial charge in [0.05, 0.1) is 18.6 Å². The number of hydrogen-bond acceptors (Lipinski definition) is 5. The Kier molecular flexibility index (Phi) is 6.54. The van der Waals surface area contributed by atoms with Crippen molar-refractivity contribution in [3.8, 4) is 0 Å². The lowest BCUT2D eigenvalue weighted by Gasteiger charge is -2.33. The van der Waals surface area contributed by atoms with E-state index in [0.29, 0.717) is 12.5 Å². The van der Waals surface area contributed by atoms with E-state index in [-0.39, 0.29) is 30.4 Å². The fourth-order valence-corrected chi connectivity index (χ4v) is 3.17. The molecule has 0 aromatic carbocycles. The van der Waals surface area contributed by atoms with Gasteiger partial charge in [-0.25, -0.2) is 9.97 Å². The maximum Gasteiger partial charge on any atom is 0.225 e. The number of carbonyl (C=O) groups is 1. The minimum atomic E-state index is -0.171. The van der Waals surface area contributed by atoms with Crippen LogP contribution in [0.5, 0.6) is 0 Å². The SMILES string of the molecule is CC[C@H](C)[C@H](CO)NC(=O)[C@H]1CCCN(c2nc(C)cc(C)n2)C1. The molecule has 0 unspecified atom stereocenters. The zero-order valence-corrected chi connectivity index (χ0v) is 15.2. The van der Waals surface area contributed by atoms with Crippen LogP contribution in [0.25, 0.3) is 0 Å². The van der Waals surface area contributed by atoms with E-state index in [1.54, 1.807) is 0 Å². The first kappa shape index (κ1) is 18.6. The highest BCUT2D eigenvalue weighted by molar-refractivity contribution is 5.79. The van der Waals surface area contributed by atoms with Crippen molar-refractivity contribution < 1.29 is 9.90 Å². The summed E-state index contributed by atoms with van der Waals surface area (Å²) >= 11 is 0. The van der Waals surface area contributed by atoms with Gasteiger partial charge < -0.3 is 15.3 Å². The van der Waals surface area contributed by atoms with Crippen molar-refractivity contribution in [3.05, 3.63) is 17.5 Å². The molecular formula is C18H30N4O2. The molecule has 0 bridgehead atoms. The normalized spacial score (nSPS) is 20.5. The molecular weight excluding hydrogens is 304 g/mol. The number of rotatable bonds is 6. The minimum absolute atomic E-state index is 0.0165. The molecule has 1 aliphatic rings. The van der Waals surface area contributed by atoms with Gasteiger partial charge in [-0.3, -0.25) is 4.79 Å². The highest BCUT2D eigenvalue weighted by Crippen LogP contribution is 2.21. The molecule has 1 fully saturated rings. The zero-order valence-electron chi connectivity index (χ0n) is 15.2. The number of carbonyl (C=O) groups excluding carboxylic acids is 1. The second-order valence-electron chi connectivity index (χ2n) is 6.92. The second-order valence-corrected chi connectivity index (χ2v) is 6.92. The van der Waals surface area contributed by atoms with Crippen LogP contribution in [0.4, 0.5) is 5.95 Å². The van der Waals surface area contributed by atoms with Gasteiger partial charge in [0, 0.05) is 24.5 Å². The van der Waals surface area contributed by atoms with Gasteiger partial charge >= 0.3 is 0 Å². The fraction of sp³-hybridized carbons (Fsp3) is 0.722. The van der Waals surface area contributed by atoms with Gasteiger partial charge in [-0.2, -0.15) is 0 Å². The number of aliphatic hydroxyl groups excluding tert-OH is 1. The maximum atomic E-state index is 12.6. The van der Waals surface area contributed by atoms with Gasteiger partial charge in [-0.05, 0) is 38.7 Å². The molecule has 2 heterocycles. The Bertz CT molecular complexity index is 544. The number of aryl methyl sites for hydroxylation is 2. The van der Waals surface area contributed by atoms with E-state index >= 15 is 0 Å². The molecule has 1 aromatic rings. The molecule has 2 N–H and O–H groups in total. The molecule has 0 saturated carbocycles. The van der Waals surface area contributed by atoms with E-state index in [0.717, 1.165) is 37.2 Å². The number of nitrogens with zero attached hydrogens (tertiary/aromatic N) is 3. The van der Waals surface area contributed by atoms with E-state index < -0.39 is 0 Å². The molecule has 2 rings (SSSR count). The summed E-state index contributed by atoms with van der Waals surface area (Å²) in [6.07, 6.45) is 2.74. The molecule has 6 nitrogen and oxygen atoms in total. The first-order valence-corrected chi connectivity index (χ1v) is 8.93. The van der Waals surface area contributed by atoms with Crippen LogP contribution in [-0.2, 0) is 4.79 Å². The van der Waals surface area contributed by atoms with Crippen LogP contribution in [0.2, 0.25) is 0 Å². The molecule has 1 aromatic heterocycles. The average molecular weight is 334 g/mol. The number of piperidine rings is 1. The van der Waals surface area contributed by atoms with Crippen LogP contribution in [0.1, 0.15) is 44.5 Å². The highest BCUT2D eigenvalue weighted by Gasteiger charge is 2.29. The lowest BCUT2D eigenvalue weighted by molar-refractivity contribution is -0.126. The molecule has 3 atom stereocenters. The quantitative estimate of drug-likeness (QED) is 0.830. The van der Waals surface area contributed by atoms with E-state index in [9.17, 15) is 9.90 Å². The summed E-state index contributed by atoms with van der Waals surface area (Å²) in [5.41, 5.74) is 1.89. The number of aliphatic hydroxyl groups is 1. The Hall–Kier alpha value is -1.69. The summed E-state index contributed by atoms with van der Waals surface area (Å²) in [5, 5.41) is 12.5. The highest BCUT2D eigenvalue weighted by atomic mass is 16.3. The van der Waals surface area contributed by atoms with E-state index in [4.69, 9.17) is 0 Å². The fourth-order valence-electron chi connectivity index (χ4n) is 3.17. The Morgan fingerprint density at radius 2 is 2.08 bits per heavy atom. The van der Waals surface area contributed by atoms with Gasteiger partial charge in [0.15, 0.2) is 0 Å². The third-order valence-electron chi connectivity index (χ3n) is 4.90. The average Bonchev–Trinajstić information content (AvgIpc) is 2.58. The van der Waals surface area contributed by atoms with Gasteiger partial charge in [0.25, 0.3) is 0 Å². The molecule has 0 aliphatic carbocycles. The second kappa shape index (κ2) is 8.42. The van der Waals surface area contributed by atoms with Crippen molar-refractivity contribution in [2.75, 3.05) is 24.6 Å². The van der Waals surface area contributed by atoms with Crippen molar-refractivity contribution in [2.45, 2.75) is 53.0 Å². The Balaban J connectivity index is 2.03. The Morgan fingerprint density at radius 3 is 2.67 bits per heavy atom. The van der Waals surface area contributed by atoms with Crippen LogP contribution in [0.3, 0.4) is 0 Å². The molecule has 0 spiro atoms. The van der Waals surface area contributed by atoms with Crippen LogP contribution in [-0.4, -0.2) is 46.7 Å².